The molecule has 0 spiro atoms. The number of hydrogen-bond acceptors (Lipinski definition) is 2. The first-order valence-corrected chi connectivity index (χ1v) is 11.3. The Labute approximate surface area is 164 Å². The lowest BCUT2D eigenvalue weighted by Gasteiger charge is -2.60. The molecule has 1 amide bonds. The highest BCUT2D eigenvalue weighted by Gasteiger charge is 2.59. The van der Waals surface area contributed by atoms with Crippen LogP contribution in [-0.2, 0) is 4.79 Å². The third kappa shape index (κ3) is 2.46. The van der Waals surface area contributed by atoms with Gasteiger partial charge >= 0.3 is 0 Å². The van der Waals surface area contributed by atoms with Crippen molar-refractivity contribution in [3.63, 3.8) is 0 Å². The molecule has 2 aliphatic heterocycles. The van der Waals surface area contributed by atoms with Crippen LogP contribution in [0.5, 0.6) is 0 Å². The van der Waals surface area contributed by atoms with Crippen LogP contribution in [0.3, 0.4) is 0 Å². The van der Waals surface area contributed by atoms with Crippen molar-refractivity contribution < 1.29 is 4.79 Å². The Morgan fingerprint density at radius 1 is 1.04 bits per heavy atom. The quantitative estimate of drug-likeness (QED) is 0.646. The van der Waals surface area contributed by atoms with Crippen LogP contribution in [0.4, 0.5) is 0 Å². The third-order valence-electron chi connectivity index (χ3n) is 9.55. The molecule has 3 aliphatic carbocycles. The number of nitrogens with zero attached hydrogens (tertiary/aromatic N) is 1. The Morgan fingerprint density at radius 2 is 1.81 bits per heavy atom. The van der Waals surface area contributed by atoms with Crippen molar-refractivity contribution >= 4 is 5.91 Å². The highest BCUT2D eigenvalue weighted by molar-refractivity contribution is 5.89. The predicted octanol–water partition coefficient (Wildman–Crippen LogP) is 4.31. The van der Waals surface area contributed by atoms with Crippen molar-refractivity contribution in [1.29, 1.82) is 0 Å². The Kier molecular flexibility index (Phi) is 4.13. The molecule has 2 heterocycles. The number of amides is 1. The van der Waals surface area contributed by atoms with E-state index in [1.54, 1.807) is 5.57 Å². The largest absolute Gasteiger partial charge is 0.338 e. The summed E-state index contributed by atoms with van der Waals surface area (Å²) in [5.41, 5.74) is 4.31. The second kappa shape index (κ2) is 6.20. The zero-order chi connectivity index (χ0) is 18.8. The molecule has 6 atom stereocenters. The zero-order valence-electron chi connectivity index (χ0n) is 17.4. The Hall–Kier alpha value is -1.09. The summed E-state index contributed by atoms with van der Waals surface area (Å²) >= 11 is 0. The van der Waals surface area contributed by atoms with Crippen LogP contribution >= 0.6 is 0 Å². The second-order valence-electron chi connectivity index (χ2n) is 10.4. The molecule has 4 fully saturated rings. The van der Waals surface area contributed by atoms with E-state index in [1.807, 2.05) is 23.6 Å². The number of carbonyl (C=O) groups is 1. The molecule has 0 aromatic rings. The van der Waals surface area contributed by atoms with Crippen LogP contribution in [0.25, 0.3) is 0 Å². The predicted molar refractivity (Wildman–Crippen MR) is 109 cm³/mol. The topological polar surface area (TPSA) is 32.3 Å². The molecule has 5 rings (SSSR count). The van der Waals surface area contributed by atoms with Gasteiger partial charge in [-0.1, -0.05) is 31.1 Å². The molecule has 27 heavy (non-hydrogen) atoms. The number of allylic oxidation sites excluding steroid dienone is 1. The van der Waals surface area contributed by atoms with Gasteiger partial charge < -0.3 is 10.2 Å². The fraction of sp³-hybridized carbons (Fsp3) is 0.792. The molecule has 3 nitrogen and oxygen atoms in total. The Bertz CT molecular complexity index is 701. The van der Waals surface area contributed by atoms with Gasteiger partial charge in [0.25, 0.3) is 0 Å². The molecule has 3 heteroatoms. The molecule has 1 unspecified atom stereocenters. The summed E-state index contributed by atoms with van der Waals surface area (Å²) in [4.78, 5) is 14.3. The minimum Gasteiger partial charge on any atom is -0.338 e. The number of likely N-dealkylation sites (N-methyl/N-ethyl adjacent to an activating group) is 1. The molecule has 1 saturated heterocycles. The fourth-order valence-corrected chi connectivity index (χ4v) is 8.16. The lowest BCUT2D eigenvalue weighted by atomic mass is 9.48. The van der Waals surface area contributed by atoms with Gasteiger partial charge in [0.2, 0.25) is 5.91 Å². The smallest absolute Gasteiger partial charge is 0.246 e. The molecule has 5 aliphatic rings. The van der Waals surface area contributed by atoms with E-state index in [1.165, 1.54) is 64.5 Å². The molecule has 0 radical (unpaired) electrons. The van der Waals surface area contributed by atoms with Gasteiger partial charge in [0, 0.05) is 18.5 Å². The highest BCUT2D eigenvalue weighted by Crippen LogP contribution is 2.66. The van der Waals surface area contributed by atoms with E-state index in [-0.39, 0.29) is 11.3 Å². The fourth-order valence-electron chi connectivity index (χ4n) is 8.16. The Balaban J connectivity index is 1.47. The summed E-state index contributed by atoms with van der Waals surface area (Å²) < 4.78 is 0. The summed E-state index contributed by atoms with van der Waals surface area (Å²) in [6, 6.07) is 0.407. The van der Waals surface area contributed by atoms with Crippen LogP contribution < -0.4 is 5.32 Å². The first-order valence-electron chi connectivity index (χ1n) is 11.3. The Morgan fingerprint density at radius 3 is 2.59 bits per heavy atom. The molecule has 3 saturated carbocycles. The van der Waals surface area contributed by atoms with Gasteiger partial charge in [0.05, 0.1) is 0 Å². The summed E-state index contributed by atoms with van der Waals surface area (Å²) in [5.74, 6) is 2.66. The number of fused-ring (bicyclic) bond motifs is 5. The van der Waals surface area contributed by atoms with Crippen molar-refractivity contribution in [1.82, 2.24) is 10.2 Å². The van der Waals surface area contributed by atoms with Crippen molar-refractivity contribution in [3.8, 4) is 0 Å². The maximum absolute atomic E-state index is 12.2. The molecule has 148 valence electrons. The van der Waals surface area contributed by atoms with Gasteiger partial charge in [-0.3, -0.25) is 4.79 Å². The van der Waals surface area contributed by atoms with E-state index in [4.69, 9.17) is 0 Å². The van der Waals surface area contributed by atoms with E-state index in [2.05, 4.69) is 25.2 Å². The number of hydrogen-bond donors (Lipinski definition) is 1. The average molecular weight is 369 g/mol. The third-order valence-corrected chi connectivity index (χ3v) is 9.55. The summed E-state index contributed by atoms with van der Waals surface area (Å²) in [6.45, 7) is 7.43. The van der Waals surface area contributed by atoms with Crippen LogP contribution in [-0.4, -0.2) is 37.0 Å². The highest BCUT2D eigenvalue weighted by atomic mass is 16.2. The lowest BCUT2D eigenvalue weighted by molar-refractivity contribution is -0.137. The molecular weight excluding hydrogens is 332 g/mol. The van der Waals surface area contributed by atoms with Crippen LogP contribution in [0.2, 0.25) is 0 Å². The minimum atomic E-state index is 0.178. The van der Waals surface area contributed by atoms with Crippen molar-refractivity contribution in [3.05, 3.63) is 23.3 Å². The summed E-state index contributed by atoms with van der Waals surface area (Å²) in [6.07, 6.45) is 14.7. The minimum absolute atomic E-state index is 0.178. The standard InChI is InChI=1S/C24H36N2O/c1-23-12-8-20-17(4-7-21-24(20,2)13-9-22(27)26(21)3)19(23)6-5-18(23)16-10-14-25-15-11-16/h9,13,17,19-21,25H,4-8,10-12,14-15H2,1-3H3/t17-,19-,20+,21?,23+,24+/m0/s1. The van der Waals surface area contributed by atoms with Gasteiger partial charge in [0.15, 0.2) is 0 Å². The van der Waals surface area contributed by atoms with Gasteiger partial charge in [-0.2, -0.15) is 0 Å². The van der Waals surface area contributed by atoms with Crippen LogP contribution in [0.15, 0.2) is 23.3 Å². The van der Waals surface area contributed by atoms with E-state index in [0.717, 1.165) is 17.8 Å². The van der Waals surface area contributed by atoms with Gasteiger partial charge in [-0.05, 0) is 93.7 Å². The summed E-state index contributed by atoms with van der Waals surface area (Å²) in [5, 5.41) is 3.54. The van der Waals surface area contributed by atoms with Crippen molar-refractivity contribution in [2.75, 3.05) is 20.1 Å². The normalized spacial score (nSPS) is 46.9. The number of nitrogens with one attached hydrogen (secondary N) is 1. The first-order chi connectivity index (χ1) is 12.9. The monoisotopic (exact) mass is 368 g/mol. The maximum Gasteiger partial charge on any atom is 0.246 e. The van der Waals surface area contributed by atoms with E-state index in [0.29, 0.717) is 11.5 Å². The van der Waals surface area contributed by atoms with Crippen molar-refractivity contribution in [2.45, 2.75) is 71.3 Å². The van der Waals surface area contributed by atoms with Crippen LogP contribution in [0.1, 0.15) is 65.2 Å². The molecule has 1 N–H and O–H groups in total. The summed E-state index contributed by atoms with van der Waals surface area (Å²) in [7, 11) is 2.03. The number of carbonyl (C=O) groups excluding carboxylic acids is 1. The number of rotatable bonds is 0. The zero-order valence-corrected chi connectivity index (χ0v) is 17.4. The molecule has 0 bridgehead atoms. The van der Waals surface area contributed by atoms with E-state index in [9.17, 15) is 4.79 Å². The molecular formula is C24H36N2O. The van der Waals surface area contributed by atoms with Gasteiger partial charge in [-0.25, -0.2) is 0 Å². The molecule has 0 aromatic carbocycles. The average Bonchev–Trinajstić information content (AvgIpc) is 3.03. The molecule has 0 aromatic heterocycles. The SMILES string of the molecule is CN1C(=O)C=C[C@@]2(C)C1CC[C@@H]1[C@H]2CC[C@]2(C)C(=C3CCNCC3)CC[C@@H]12. The van der Waals surface area contributed by atoms with E-state index < -0.39 is 0 Å². The van der Waals surface area contributed by atoms with Gasteiger partial charge in [-0.15, -0.1) is 0 Å². The van der Waals surface area contributed by atoms with Gasteiger partial charge in [0.1, 0.15) is 0 Å². The number of piperidine rings is 1. The van der Waals surface area contributed by atoms with E-state index >= 15 is 0 Å². The van der Waals surface area contributed by atoms with Crippen molar-refractivity contribution in [2.24, 2.45) is 28.6 Å². The second-order valence-corrected chi connectivity index (χ2v) is 10.4. The lowest BCUT2D eigenvalue weighted by Crippen LogP contribution is -2.59. The first kappa shape index (κ1) is 18.0. The maximum atomic E-state index is 12.2. The van der Waals surface area contributed by atoms with Crippen LogP contribution in [0, 0.1) is 28.6 Å².